The fourth-order valence-electron chi connectivity index (χ4n) is 2.33. The number of amides is 1. The summed E-state index contributed by atoms with van der Waals surface area (Å²) in [5.41, 5.74) is 0. The van der Waals surface area contributed by atoms with Gasteiger partial charge in [0.2, 0.25) is 5.91 Å². The lowest BCUT2D eigenvalue weighted by Crippen LogP contribution is -2.45. The van der Waals surface area contributed by atoms with Crippen molar-refractivity contribution in [3.05, 3.63) is 0 Å². The monoisotopic (exact) mass is 258 g/mol. The van der Waals surface area contributed by atoms with Gasteiger partial charge in [-0.25, -0.2) is 0 Å². The van der Waals surface area contributed by atoms with Crippen LogP contribution in [0, 0.1) is 5.92 Å². The zero-order chi connectivity index (χ0) is 12.7. The lowest BCUT2D eigenvalue weighted by atomic mass is 9.97. The van der Waals surface area contributed by atoms with Crippen LogP contribution in [0.3, 0.4) is 0 Å². The summed E-state index contributed by atoms with van der Waals surface area (Å²) >= 11 is 1.88. The van der Waals surface area contributed by atoms with E-state index in [1.165, 1.54) is 0 Å². The molecule has 0 saturated carbocycles. The van der Waals surface area contributed by atoms with Gasteiger partial charge >= 0.3 is 0 Å². The zero-order valence-electron chi connectivity index (χ0n) is 11.3. The molecule has 0 aromatic carbocycles. The zero-order valence-corrected chi connectivity index (χ0v) is 12.2. The van der Waals surface area contributed by atoms with Crippen molar-refractivity contribution < 1.29 is 4.79 Å². The van der Waals surface area contributed by atoms with Crippen molar-refractivity contribution in [1.82, 2.24) is 10.6 Å². The molecule has 1 aliphatic heterocycles. The molecular formula is C13H26N2OS. The summed E-state index contributed by atoms with van der Waals surface area (Å²) in [5.74, 6) is 0.412. The van der Waals surface area contributed by atoms with Gasteiger partial charge in [0, 0.05) is 17.8 Å². The molecule has 1 heterocycles. The van der Waals surface area contributed by atoms with Gasteiger partial charge in [0.1, 0.15) is 0 Å². The normalized spacial score (nSPS) is 21.2. The summed E-state index contributed by atoms with van der Waals surface area (Å²) in [6.07, 6.45) is 6.50. The molecule has 0 aliphatic carbocycles. The molecule has 0 aromatic heterocycles. The molecule has 1 amide bonds. The molecule has 0 bridgehead atoms. The molecule has 0 radical (unpaired) electrons. The molecule has 2 N–H and O–H groups in total. The summed E-state index contributed by atoms with van der Waals surface area (Å²) < 4.78 is 0.220. The second-order valence-electron chi connectivity index (χ2n) is 4.86. The lowest BCUT2D eigenvalue weighted by molar-refractivity contribution is -0.125. The summed E-state index contributed by atoms with van der Waals surface area (Å²) in [5, 5.41) is 6.44. The van der Waals surface area contributed by atoms with Gasteiger partial charge < -0.3 is 10.6 Å². The maximum Gasteiger partial charge on any atom is 0.224 e. The summed E-state index contributed by atoms with van der Waals surface area (Å²) in [4.78, 5) is 12.0. The Morgan fingerprint density at radius 2 is 2.18 bits per heavy atom. The van der Waals surface area contributed by atoms with Crippen molar-refractivity contribution in [2.45, 2.75) is 44.3 Å². The number of piperidine rings is 1. The molecule has 100 valence electrons. The number of hydrogen-bond acceptors (Lipinski definition) is 3. The Morgan fingerprint density at radius 3 is 2.65 bits per heavy atom. The Kier molecular flexibility index (Phi) is 6.34. The van der Waals surface area contributed by atoms with E-state index >= 15 is 0 Å². The first-order chi connectivity index (χ1) is 8.17. The predicted octanol–water partition coefficient (Wildman–Crippen LogP) is 2.02. The standard InChI is InChI=1S/C13H26N2OS/c1-4-13(5-2,17-3)10-15-12(16)11-7-6-8-14-9-11/h11,14H,4-10H2,1-3H3,(H,15,16). The van der Waals surface area contributed by atoms with Crippen LogP contribution in [0.5, 0.6) is 0 Å². The largest absolute Gasteiger partial charge is 0.354 e. The minimum absolute atomic E-state index is 0.178. The number of rotatable bonds is 6. The smallest absolute Gasteiger partial charge is 0.224 e. The first-order valence-electron chi connectivity index (χ1n) is 6.71. The summed E-state index contributed by atoms with van der Waals surface area (Å²) in [6.45, 7) is 7.11. The maximum absolute atomic E-state index is 12.0. The van der Waals surface area contributed by atoms with Crippen molar-refractivity contribution in [3.63, 3.8) is 0 Å². The quantitative estimate of drug-likeness (QED) is 0.766. The fraction of sp³-hybridized carbons (Fsp3) is 0.923. The minimum atomic E-state index is 0.178. The Bertz CT molecular complexity index is 227. The SMILES string of the molecule is CCC(CC)(CNC(=O)C1CCCNC1)SC. The van der Waals surface area contributed by atoms with E-state index in [0.717, 1.165) is 45.3 Å². The Hall–Kier alpha value is -0.220. The molecule has 0 aromatic rings. The predicted molar refractivity (Wildman–Crippen MR) is 75.4 cm³/mol. The highest BCUT2D eigenvalue weighted by molar-refractivity contribution is 8.00. The van der Waals surface area contributed by atoms with Gasteiger partial charge in [0.05, 0.1) is 5.92 Å². The third-order valence-electron chi connectivity index (χ3n) is 3.97. The van der Waals surface area contributed by atoms with Gasteiger partial charge in [0.15, 0.2) is 0 Å². The van der Waals surface area contributed by atoms with Crippen molar-refractivity contribution in [2.24, 2.45) is 5.92 Å². The van der Waals surface area contributed by atoms with E-state index in [1.54, 1.807) is 0 Å². The Labute approximate surface area is 109 Å². The average molecular weight is 258 g/mol. The van der Waals surface area contributed by atoms with Crippen LogP contribution in [-0.4, -0.2) is 36.5 Å². The van der Waals surface area contributed by atoms with Gasteiger partial charge in [-0.3, -0.25) is 4.79 Å². The van der Waals surface area contributed by atoms with Crippen LogP contribution in [0.15, 0.2) is 0 Å². The van der Waals surface area contributed by atoms with Crippen LogP contribution in [-0.2, 0) is 4.79 Å². The van der Waals surface area contributed by atoms with E-state index in [4.69, 9.17) is 0 Å². The van der Waals surface area contributed by atoms with E-state index in [-0.39, 0.29) is 16.6 Å². The number of hydrogen-bond donors (Lipinski definition) is 2. The molecule has 4 heteroatoms. The Morgan fingerprint density at radius 1 is 1.47 bits per heavy atom. The number of nitrogens with one attached hydrogen (secondary N) is 2. The van der Waals surface area contributed by atoms with Crippen LogP contribution in [0.4, 0.5) is 0 Å². The van der Waals surface area contributed by atoms with E-state index in [0.29, 0.717) is 0 Å². The van der Waals surface area contributed by atoms with Crippen LogP contribution in [0.2, 0.25) is 0 Å². The highest BCUT2D eigenvalue weighted by atomic mass is 32.2. The number of carbonyl (C=O) groups is 1. The van der Waals surface area contributed by atoms with Crippen LogP contribution in [0.1, 0.15) is 39.5 Å². The summed E-state index contributed by atoms with van der Waals surface area (Å²) in [7, 11) is 0. The molecule has 1 unspecified atom stereocenters. The molecule has 1 atom stereocenters. The average Bonchev–Trinajstić information content (AvgIpc) is 2.41. The fourth-order valence-corrected chi connectivity index (χ4v) is 3.12. The third kappa shape index (κ3) is 4.18. The highest BCUT2D eigenvalue weighted by Crippen LogP contribution is 2.29. The first kappa shape index (κ1) is 14.8. The van der Waals surface area contributed by atoms with E-state index in [9.17, 15) is 4.79 Å². The van der Waals surface area contributed by atoms with Crippen LogP contribution in [0.25, 0.3) is 0 Å². The third-order valence-corrected chi connectivity index (χ3v) is 5.56. The Balaban J connectivity index is 2.40. The van der Waals surface area contributed by atoms with Gasteiger partial charge in [-0.2, -0.15) is 11.8 Å². The van der Waals surface area contributed by atoms with E-state index in [1.807, 2.05) is 11.8 Å². The second kappa shape index (κ2) is 7.27. The highest BCUT2D eigenvalue weighted by Gasteiger charge is 2.27. The van der Waals surface area contributed by atoms with Crippen LogP contribution < -0.4 is 10.6 Å². The van der Waals surface area contributed by atoms with Gasteiger partial charge in [-0.15, -0.1) is 0 Å². The van der Waals surface area contributed by atoms with Gasteiger partial charge in [0.25, 0.3) is 0 Å². The van der Waals surface area contributed by atoms with Crippen molar-refractivity contribution in [1.29, 1.82) is 0 Å². The first-order valence-corrected chi connectivity index (χ1v) is 7.93. The lowest BCUT2D eigenvalue weighted by Gasteiger charge is -2.31. The molecule has 17 heavy (non-hydrogen) atoms. The van der Waals surface area contributed by atoms with Crippen molar-refractivity contribution >= 4 is 17.7 Å². The van der Waals surface area contributed by atoms with Crippen molar-refractivity contribution in [2.75, 3.05) is 25.9 Å². The minimum Gasteiger partial charge on any atom is -0.354 e. The maximum atomic E-state index is 12.0. The molecule has 0 spiro atoms. The van der Waals surface area contributed by atoms with Crippen LogP contribution >= 0.6 is 11.8 Å². The molecular weight excluding hydrogens is 232 g/mol. The molecule has 1 saturated heterocycles. The second-order valence-corrected chi connectivity index (χ2v) is 6.13. The van der Waals surface area contributed by atoms with Crippen molar-refractivity contribution in [3.8, 4) is 0 Å². The van der Waals surface area contributed by atoms with E-state index < -0.39 is 0 Å². The van der Waals surface area contributed by atoms with Gasteiger partial charge in [-0.05, 0) is 38.5 Å². The molecule has 1 rings (SSSR count). The van der Waals surface area contributed by atoms with Gasteiger partial charge in [-0.1, -0.05) is 13.8 Å². The number of carbonyl (C=O) groups excluding carboxylic acids is 1. The molecule has 1 aliphatic rings. The van der Waals surface area contributed by atoms with E-state index in [2.05, 4.69) is 30.7 Å². The topological polar surface area (TPSA) is 41.1 Å². The molecule has 1 fully saturated rings. The summed E-state index contributed by atoms with van der Waals surface area (Å²) in [6, 6.07) is 0. The number of thioether (sulfide) groups is 1. The molecule has 3 nitrogen and oxygen atoms in total.